The molecule has 0 bridgehead atoms. The minimum absolute atomic E-state index is 0.0292. The number of rotatable bonds is 9. The minimum Gasteiger partial charge on any atom is -0.396 e. The van der Waals surface area contributed by atoms with Crippen LogP contribution in [0.15, 0.2) is 36.8 Å². The molecule has 2 aromatic heterocycles. The van der Waals surface area contributed by atoms with Gasteiger partial charge in [-0.05, 0) is 36.5 Å². The molecule has 1 fully saturated rings. The van der Waals surface area contributed by atoms with Crippen LogP contribution in [0.2, 0.25) is 0 Å². The number of hydrogen-bond donors (Lipinski definition) is 3. The first kappa shape index (κ1) is 19.8. The van der Waals surface area contributed by atoms with Gasteiger partial charge in [-0.3, -0.25) is 4.98 Å². The average molecular weight is 372 g/mol. The quantitative estimate of drug-likeness (QED) is 0.597. The standard InChI is InChI=1S/C20H28N4O3/c1-27-8-5-20-22-7-4-15(24-20)9-16-17(13-25)19(26)10-18(16)23-12-14-3-2-6-21-11-14/h2-4,6-7,11,16-19,23,25-26H,5,8-10,12-13H2,1H3. The maximum atomic E-state index is 10.4. The number of ether oxygens (including phenoxy) is 1. The minimum atomic E-state index is -0.513. The van der Waals surface area contributed by atoms with Crippen molar-refractivity contribution in [3.05, 3.63) is 53.9 Å². The second kappa shape index (κ2) is 9.85. The van der Waals surface area contributed by atoms with Crippen molar-refractivity contribution >= 4 is 0 Å². The smallest absolute Gasteiger partial charge is 0.130 e. The van der Waals surface area contributed by atoms with E-state index in [0.717, 1.165) is 17.1 Å². The Morgan fingerprint density at radius 1 is 1.26 bits per heavy atom. The highest BCUT2D eigenvalue weighted by atomic mass is 16.5. The van der Waals surface area contributed by atoms with E-state index in [0.29, 0.717) is 32.4 Å². The molecular formula is C20H28N4O3. The normalized spacial score (nSPS) is 25.0. The lowest BCUT2D eigenvalue weighted by atomic mass is 9.88. The lowest BCUT2D eigenvalue weighted by Gasteiger charge is -2.25. The molecule has 3 N–H and O–H groups in total. The molecule has 0 aliphatic heterocycles. The van der Waals surface area contributed by atoms with Gasteiger partial charge in [0.1, 0.15) is 5.82 Å². The Hall–Kier alpha value is -1.93. The molecule has 1 saturated carbocycles. The number of methoxy groups -OCH3 is 1. The molecule has 0 amide bonds. The molecule has 0 radical (unpaired) electrons. The lowest BCUT2D eigenvalue weighted by Crippen LogP contribution is -2.36. The fourth-order valence-corrected chi connectivity index (χ4v) is 3.84. The first-order chi connectivity index (χ1) is 13.2. The summed E-state index contributed by atoms with van der Waals surface area (Å²) in [5.41, 5.74) is 2.03. The van der Waals surface area contributed by atoms with Crippen molar-refractivity contribution in [2.24, 2.45) is 11.8 Å². The maximum Gasteiger partial charge on any atom is 0.130 e. The van der Waals surface area contributed by atoms with Crippen LogP contribution in [-0.2, 0) is 24.1 Å². The number of nitrogens with one attached hydrogen (secondary N) is 1. The number of hydrogen-bond acceptors (Lipinski definition) is 7. The van der Waals surface area contributed by atoms with Crippen LogP contribution in [0, 0.1) is 11.8 Å². The Labute approximate surface area is 159 Å². The fourth-order valence-electron chi connectivity index (χ4n) is 3.84. The zero-order valence-electron chi connectivity index (χ0n) is 15.7. The molecule has 0 saturated heterocycles. The Morgan fingerprint density at radius 3 is 2.89 bits per heavy atom. The van der Waals surface area contributed by atoms with Crippen molar-refractivity contribution in [3.63, 3.8) is 0 Å². The van der Waals surface area contributed by atoms with Crippen LogP contribution in [0.4, 0.5) is 0 Å². The van der Waals surface area contributed by atoms with E-state index in [-0.39, 0.29) is 24.5 Å². The highest BCUT2D eigenvalue weighted by molar-refractivity contribution is 5.10. The number of aromatic nitrogens is 3. The lowest BCUT2D eigenvalue weighted by molar-refractivity contribution is 0.0716. The molecule has 0 spiro atoms. The van der Waals surface area contributed by atoms with E-state index in [4.69, 9.17) is 4.74 Å². The zero-order valence-corrected chi connectivity index (χ0v) is 15.7. The van der Waals surface area contributed by atoms with Crippen molar-refractivity contribution in [1.82, 2.24) is 20.3 Å². The van der Waals surface area contributed by atoms with E-state index in [9.17, 15) is 10.2 Å². The second-order valence-corrected chi connectivity index (χ2v) is 7.07. The third-order valence-electron chi connectivity index (χ3n) is 5.30. The van der Waals surface area contributed by atoms with Crippen molar-refractivity contribution < 1.29 is 14.9 Å². The molecule has 1 aliphatic carbocycles. The second-order valence-electron chi connectivity index (χ2n) is 7.07. The van der Waals surface area contributed by atoms with Gasteiger partial charge in [0, 0.05) is 62.9 Å². The van der Waals surface area contributed by atoms with E-state index in [1.165, 1.54) is 0 Å². The molecule has 7 heteroatoms. The molecule has 4 atom stereocenters. The largest absolute Gasteiger partial charge is 0.396 e. The summed E-state index contributed by atoms with van der Waals surface area (Å²) in [6.45, 7) is 1.24. The molecule has 0 aromatic carbocycles. The Balaban J connectivity index is 1.69. The molecular weight excluding hydrogens is 344 g/mol. The van der Waals surface area contributed by atoms with Crippen LogP contribution in [-0.4, -0.2) is 57.6 Å². The van der Waals surface area contributed by atoms with Crippen LogP contribution >= 0.6 is 0 Å². The van der Waals surface area contributed by atoms with E-state index >= 15 is 0 Å². The van der Waals surface area contributed by atoms with Crippen LogP contribution in [0.3, 0.4) is 0 Å². The molecule has 2 aromatic rings. The van der Waals surface area contributed by atoms with Crippen molar-refractivity contribution in [2.75, 3.05) is 20.3 Å². The summed E-state index contributed by atoms with van der Waals surface area (Å²) in [5, 5.41) is 23.8. The number of nitrogens with zero attached hydrogens (tertiary/aromatic N) is 3. The van der Waals surface area contributed by atoms with Crippen LogP contribution in [0.1, 0.15) is 23.5 Å². The summed E-state index contributed by atoms with van der Waals surface area (Å²) < 4.78 is 5.10. The summed E-state index contributed by atoms with van der Waals surface area (Å²) in [6.07, 6.45) is 6.83. The van der Waals surface area contributed by atoms with E-state index < -0.39 is 6.10 Å². The summed E-state index contributed by atoms with van der Waals surface area (Å²) in [7, 11) is 1.66. The molecule has 4 unspecified atom stereocenters. The summed E-state index contributed by atoms with van der Waals surface area (Å²) in [6, 6.07) is 5.95. The highest BCUT2D eigenvalue weighted by Gasteiger charge is 2.41. The Kier molecular flexibility index (Phi) is 7.23. The van der Waals surface area contributed by atoms with Gasteiger partial charge in [-0.2, -0.15) is 0 Å². The molecule has 146 valence electrons. The first-order valence-corrected chi connectivity index (χ1v) is 9.42. The third kappa shape index (κ3) is 5.29. The summed E-state index contributed by atoms with van der Waals surface area (Å²) in [5.74, 6) is 0.703. The van der Waals surface area contributed by atoms with Gasteiger partial charge < -0.3 is 20.3 Å². The van der Waals surface area contributed by atoms with Crippen molar-refractivity contribution in [3.8, 4) is 0 Å². The Morgan fingerprint density at radius 2 is 2.15 bits per heavy atom. The van der Waals surface area contributed by atoms with Gasteiger partial charge in [-0.1, -0.05) is 6.07 Å². The van der Waals surface area contributed by atoms with E-state index in [2.05, 4.69) is 20.3 Å². The average Bonchev–Trinajstić information content (AvgIpc) is 3.00. The molecule has 3 rings (SSSR count). The zero-order chi connectivity index (χ0) is 19.1. The predicted octanol–water partition coefficient (Wildman–Crippen LogP) is 0.751. The maximum absolute atomic E-state index is 10.4. The van der Waals surface area contributed by atoms with Gasteiger partial charge in [0.2, 0.25) is 0 Å². The monoisotopic (exact) mass is 372 g/mol. The highest BCUT2D eigenvalue weighted by Crippen LogP contribution is 2.34. The first-order valence-electron chi connectivity index (χ1n) is 9.42. The predicted molar refractivity (Wildman–Crippen MR) is 101 cm³/mol. The van der Waals surface area contributed by atoms with Gasteiger partial charge >= 0.3 is 0 Å². The van der Waals surface area contributed by atoms with Gasteiger partial charge in [0.15, 0.2) is 0 Å². The van der Waals surface area contributed by atoms with Crippen molar-refractivity contribution in [2.45, 2.75) is 38.0 Å². The molecule has 1 aliphatic rings. The number of aliphatic hydroxyl groups is 2. The summed E-state index contributed by atoms with van der Waals surface area (Å²) in [4.78, 5) is 13.1. The Bertz CT molecular complexity index is 701. The van der Waals surface area contributed by atoms with Crippen LogP contribution in [0.25, 0.3) is 0 Å². The van der Waals surface area contributed by atoms with Crippen LogP contribution in [0.5, 0.6) is 0 Å². The molecule has 27 heavy (non-hydrogen) atoms. The van der Waals surface area contributed by atoms with Gasteiger partial charge in [0.05, 0.1) is 12.7 Å². The fraction of sp³-hybridized carbons (Fsp3) is 0.550. The van der Waals surface area contributed by atoms with Crippen molar-refractivity contribution in [1.29, 1.82) is 0 Å². The summed E-state index contributed by atoms with van der Waals surface area (Å²) >= 11 is 0. The number of aliphatic hydroxyl groups excluding tert-OH is 2. The third-order valence-corrected chi connectivity index (χ3v) is 5.30. The van der Waals surface area contributed by atoms with Gasteiger partial charge in [0.25, 0.3) is 0 Å². The van der Waals surface area contributed by atoms with E-state index in [1.807, 2.05) is 24.4 Å². The molecule has 2 heterocycles. The SMILES string of the molecule is COCCc1nccc(CC2C(NCc3cccnc3)CC(O)C2CO)n1. The topological polar surface area (TPSA) is 100 Å². The molecule has 7 nitrogen and oxygen atoms in total. The van der Waals surface area contributed by atoms with E-state index in [1.54, 1.807) is 19.5 Å². The van der Waals surface area contributed by atoms with Crippen LogP contribution < -0.4 is 5.32 Å². The van der Waals surface area contributed by atoms with Gasteiger partial charge in [-0.25, -0.2) is 9.97 Å². The van der Waals surface area contributed by atoms with Gasteiger partial charge in [-0.15, -0.1) is 0 Å². The number of pyridine rings is 1.